The van der Waals surface area contributed by atoms with Crippen molar-refractivity contribution < 1.29 is 9.90 Å². The maximum atomic E-state index is 12.2. The predicted octanol–water partition coefficient (Wildman–Crippen LogP) is 7.74. The van der Waals surface area contributed by atoms with Crippen LogP contribution >= 0.6 is 0 Å². The Labute approximate surface area is 198 Å². The van der Waals surface area contributed by atoms with E-state index in [0.29, 0.717) is 23.7 Å². The Balaban J connectivity index is 1.55. The molecule has 0 heterocycles. The first-order valence-corrected chi connectivity index (χ1v) is 14.2. The van der Waals surface area contributed by atoms with Crippen molar-refractivity contribution in [3.63, 3.8) is 0 Å². The van der Waals surface area contributed by atoms with Crippen molar-refractivity contribution in [2.75, 3.05) is 0 Å². The molecule has 0 unspecified atom stereocenters. The van der Waals surface area contributed by atoms with Crippen LogP contribution in [0.1, 0.15) is 118 Å². The first-order chi connectivity index (χ1) is 15.3. The number of aliphatic hydroxyl groups excluding tert-OH is 1. The van der Waals surface area contributed by atoms with Crippen LogP contribution in [0.2, 0.25) is 0 Å². The van der Waals surface area contributed by atoms with Gasteiger partial charge in [-0.2, -0.15) is 0 Å². The second kappa shape index (κ2) is 9.55. The van der Waals surface area contributed by atoms with Gasteiger partial charge in [-0.1, -0.05) is 60.3 Å². The molecule has 0 aromatic heterocycles. The number of hydrogen-bond donors (Lipinski definition) is 1. The number of carbonyl (C=O) groups excluding carboxylic acids is 1. The Hall–Kier alpha value is -0.630. The third-order valence-electron chi connectivity index (χ3n) is 11.3. The molecular weight excluding hydrogens is 392 g/mol. The molecule has 3 saturated carbocycles. The standard InChI is InChI=1S/C30H50O2/c1-6-9-20(4)10-11-21(7-2)24-12-13-25-23-19-28(32)27-18-22(31)14-17-30(27,8-3)26(23)15-16-29(24,25)5/h18,20-21,23-26,28,32H,6-17,19H2,1-5H3/t20-,21+,23-,24+,25-,26-,28+,29-,30+/m0/s1. The second-order valence-corrected chi connectivity index (χ2v) is 12.6. The van der Waals surface area contributed by atoms with Gasteiger partial charge in [-0.25, -0.2) is 0 Å². The van der Waals surface area contributed by atoms with E-state index >= 15 is 0 Å². The van der Waals surface area contributed by atoms with Gasteiger partial charge in [0.25, 0.3) is 0 Å². The van der Waals surface area contributed by atoms with E-state index in [0.717, 1.165) is 48.5 Å². The molecule has 0 aromatic rings. The first-order valence-electron chi connectivity index (χ1n) is 14.2. The van der Waals surface area contributed by atoms with Crippen LogP contribution in [-0.2, 0) is 4.79 Å². The van der Waals surface area contributed by atoms with E-state index in [1.54, 1.807) is 0 Å². The molecule has 32 heavy (non-hydrogen) atoms. The molecule has 3 fully saturated rings. The number of aliphatic hydroxyl groups is 1. The molecule has 0 aliphatic heterocycles. The predicted molar refractivity (Wildman–Crippen MR) is 133 cm³/mol. The molecule has 0 bridgehead atoms. The Kier molecular flexibility index (Phi) is 7.31. The van der Waals surface area contributed by atoms with Crippen molar-refractivity contribution >= 4 is 5.78 Å². The summed E-state index contributed by atoms with van der Waals surface area (Å²) < 4.78 is 0. The SMILES string of the molecule is CCC[C@H](C)CC[C@@H](CC)[C@H]1CC[C@H]2[C@@H]3C[C@@H](O)C4=CC(=O)CC[C@]4(CC)[C@H]3CC[C@@]12C. The number of fused-ring (bicyclic) bond motifs is 5. The minimum absolute atomic E-state index is 0.0927. The van der Waals surface area contributed by atoms with Crippen LogP contribution in [0.15, 0.2) is 11.6 Å². The summed E-state index contributed by atoms with van der Waals surface area (Å²) in [6, 6.07) is 0. The molecule has 4 rings (SSSR count). The highest BCUT2D eigenvalue weighted by atomic mass is 16.3. The Morgan fingerprint density at radius 2 is 1.84 bits per heavy atom. The lowest BCUT2D eigenvalue weighted by Crippen LogP contribution is -2.55. The maximum absolute atomic E-state index is 12.2. The zero-order valence-corrected chi connectivity index (χ0v) is 21.7. The highest BCUT2D eigenvalue weighted by Gasteiger charge is 2.61. The summed E-state index contributed by atoms with van der Waals surface area (Å²) in [5.74, 6) is 4.94. The topological polar surface area (TPSA) is 37.3 Å². The Morgan fingerprint density at radius 3 is 2.53 bits per heavy atom. The molecule has 0 spiro atoms. The van der Waals surface area contributed by atoms with Gasteiger partial charge >= 0.3 is 0 Å². The third-order valence-corrected chi connectivity index (χ3v) is 11.3. The zero-order valence-electron chi connectivity index (χ0n) is 21.7. The van der Waals surface area contributed by atoms with E-state index in [-0.39, 0.29) is 11.2 Å². The van der Waals surface area contributed by atoms with Crippen molar-refractivity contribution in [2.24, 2.45) is 46.3 Å². The summed E-state index contributed by atoms with van der Waals surface area (Å²) >= 11 is 0. The lowest BCUT2D eigenvalue weighted by atomic mass is 9.45. The van der Waals surface area contributed by atoms with Crippen molar-refractivity contribution in [2.45, 2.75) is 124 Å². The van der Waals surface area contributed by atoms with Crippen LogP contribution in [0.3, 0.4) is 0 Å². The number of rotatable bonds is 8. The lowest BCUT2D eigenvalue weighted by molar-refractivity contribution is -0.121. The molecule has 4 aliphatic carbocycles. The van der Waals surface area contributed by atoms with Gasteiger partial charge in [0, 0.05) is 6.42 Å². The molecule has 4 aliphatic rings. The second-order valence-electron chi connectivity index (χ2n) is 12.6. The summed E-state index contributed by atoms with van der Waals surface area (Å²) in [4.78, 5) is 12.2. The number of ketones is 1. The fraction of sp³-hybridized carbons (Fsp3) is 0.900. The molecule has 2 nitrogen and oxygen atoms in total. The zero-order chi connectivity index (χ0) is 23.1. The summed E-state index contributed by atoms with van der Waals surface area (Å²) in [7, 11) is 0. The van der Waals surface area contributed by atoms with Crippen LogP contribution in [0.4, 0.5) is 0 Å². The van der Waals surface area contributed by atoms with Gasteiger partial charge in [-0.15, -0.1) is 0 Å². The maximum Gasteiger partial charge on any atom is 0.155 e. The van der Waals surface area contributed by atoms with E-state index in [1.807, 2.05) is 6.08 Å². The Bertz CT molecular complexity index is 710. The van der Waals surface area contributed by atoms with Crippen LogP contribution in [-0.4, -0.2) is 17.0 Å². The normalized spacial score (nSPS) is 43.1. The van der Waals surface area contributed by atoms with Crippen LogP contribution in [0.25, 0.3) is 0 Å². The molecule has 1 N–H and O–H groups in total. The molecule has 0 saturated heterocycles. The summed E-state index contributed by atoms with van der Waals surface area (Å²) in [6.45, 7) is 12.2. The van der Waals surface area contributed by atoms with E-state index in [4.69, 9.17) is 0 Å². The summed E-state index contributed by atoms with van der Waals surface area (Å²) in [5.41, 5.74) is 1.66. The minimum Gasteiger partial charge on any atom is -0.389 e. The monoisotopic (exact) mass is 442 g/mol. The van der Waals surface area contributed by atoms with Gasteiger partial charge < -0.3 is 5.11 Å². The van der Waals surface area contributed by atoms with E-state index < -0.39 is 6.10 Å². The van der Waals surface area contributed by atoms with Crippen molar-refractivity contribution in [1.29, 1.82) is 0 Å². The molecular formula is C30H50O2. The van der Waals surface area contributed by atoms with E-state index in [1.165, 1.54) is 57.8 Å². The van der Waals surface area contributed by atoms with Crippen molar-refractivity contribution in [3.05, 3.63) is 11.6 Å². The van der Waals surface area contributed by atoms with Crippen LogP contribution < -0.4 is 0 Å². The van der Waals surface area contributed by atoms with Gasteiger partial charge in [0.2, 0.25) is 0 Å². The molecule has 0 aromatic carbocycles. The van der Waals surface area contributed by atoms with Crippen LogP contribution in [0, 0.1) is 46.3 Å². The largest absolute Gasteiger partial charge is 0.389 e. The van der Waals surface area contributed by atoms with Gasteiger partial charge in [0.05, 0.1) is 6.10 Å². The molecule has 2 heteroatoms. The number of hydrogen-bond acceptors (Lipinski definition) is 2. The van der Waals surface area contributed by atoms with Crippen molar-refractivity contribution in [3.8, 4) is 0 Å². The molecule has 0 amide bonds. The van der Waals surface area contributed by atoms with E-state index in [2.05, 4.69) is 34.6 Å². The fourth-order valence-electron chi connectivity index (χ4n) is 9.68. The minimum atomic E-state index is -0.390. The Morgan fingerprint density at radius 1 is 1.06 bits per heavy atom. The number of carbonyl (C=O) groups is 1. The quantitative estimate of drug-likeness (QED) is 0.417. The van der Waals surface area contributed by atoms with Gasteiger partial charge in [-0.3, -0.25) is 4.79 Å². The smallest absolute Gasteiger partial charge is 0.155 e. The average Bonchev–Trinajstić information content (AvgIpc) is 3.12. The van der Waals surface area contributed by atoms with E-state index in [9.17, 15) is 9.90 Å². The third kappa shape index (κ3) is 3.95. The summed E-state index contributed by atoms with van der Waals surface area (Å²) in [5, 5.41) is 11.3. The highest BCUT2D eigenvalue weighted by molar-refractivity contribution is 5.92. The van der Waals surface area contributed by atoms with Crippen molar-refractivity contribution in [1.82, 2.24) is 0 Å². The van der Waals surface area contributed by atoms with Crippen LogP contribution in [0.5, 0.6) is 0 Å². The van der Waals surface area contributed by atoms with Gasteiger partial charge in [0.1, 0.15) is 0 Å². The molecule has 9 atom stereocenters. The fourth-order valence-corrected chi connectivity index (χ4v) is 9.68. The molecule has 0 radical (unpaired) electrons. The highest BCUT2D eigenvalue weighted by Crippen LogP contribution is 2.68. The van der Waals surface area contributed by atoms with Gasteiger partial charge in [0.15, 0.2) is 5.78 Å². The first kappa shape index (κ1) is 24.5. The summed E-state index contributed by atoms with van der Waals surface area (Å²) in [6.07, 6.45) is 17.4. The van der Waals surface area contributed by atoms with Gasteiger partial charge in [-0.05, 0) is 109 Å². The average molecular weight is 443 g/mol. The molecule has 182 valence electrons. The lowest BCUT2D eigenvalue weighted by Gasteiger charge is -2.60.